The number of nitrogens with zero attached hydrogens (tertiary/aromatic N) is 1. The molecular weight excluding hydrogens is 208 g/mol. The van der Waals surface area contributed by atoms with E-state index in [2.05, 4.69) is 19.2 Å². The van der Waals surface area contributed by atoms with Gasteiger partial charge in [0.05, 0.1) is 0 Å². The van der Waals surface area contributed by atoms with Gasteiger partial charge in [0.15, 0.2) is 0 Å². The number of carbonyl (C=O) groups excluding carboxylic acids is 1. The van der Waals surface area contributed by atoms with Crippen molar-refractivity contribution in [2.24, 2.45) is 0 Å². The van der Waals surface area contributed by atoms with E-state index in [9.17, 15) is 4.79 Å². The van der Waals surface area contributed by atoms with Crippen LogP contribution in [0.2, 0.25) is 0 Å². The van der Waals surface area contributed by atoms with Crippen LogP contribution in [0.25, 0.3) is 0 Å². The maximum atomic E-state index is 11.9. The lowest BCUT2D eigenvalue weighted by Crippen LogP contribution is -2.53. The van der Waals surface area contributed by atoms with E-state index in [4.69, 9.17) is 0 Å². The van der Waals surface area contributed by atoms with Crippen LogP contribution < -0.4 is 5.32 Å². The molecular formula is C11H20N2OS. The van der Waals surface area contributed by atoms with Gasteiger partial charge >= 0.3 is 6.03 Å². The van der Waals surface area contributed by atoms with Gasteiger partial charge in [-0.1, -0.05) is 0 Å². The predicted octanol–water partition coefficient (Wildman–Crippen LogP) is 2.08. The standard InChI is InChI=1S/C11H20N2OS/c1-11(2)8-13(6-7-15-11)10(14)12-9-4-3-5-9/h9H,3-8H2,1-2H3,(H,12,14). The number of amides is 2. The van der Waals surface area contributed by atoms with E-state index in [0.717, 1.165) is 31.7 Å². The molecule has 0 unspecified atom stereocenters. The van der Waals surface area contributed by atoms with Crippen molar-refractivity contribution in [2.45, 2.75) is 43.9 Å². The molecule has 1 N–H and O–H groups in total. The first-order chi connectivity index (χ1) is 7.07. The Morgan fingerprint density at radius 3 is 2.73 bits per heavy atom. The molecule has 2 fully saturated rings. The minimum absolute atomic E-state index is 0.146. The van der Waals surface area contributed by atoms with E-state index in [0.29, 0.717) is 6.04 Å². The van der Waals surface area contributed by atoms with E-state index < -0.39 is 0 Å². The zero-order valence-electron chi connectivity index (χ0n) is 9.58. The first kappa shape index (κ1) is 11.1. The van der Waals surface area contributed by atoms with E-state index >= 15 is 0 Å². The van der Waals surface area contributed by atoms with Gasteiger partial charge in [0.2, 0.25) is 0 Å². The molecule has 0 spiro atoms. The minimum atomic E-state index is 0.146. The number of rotatable bonds is 1. The first-order valence-corrected chi connectivity index (χ1v) is 6.75. The van der Waals surface area contributed by atoms with Crippen molar-refractivity contribution in [2.75, 3.05) is 18.8 Å². The van der Waals surface area contributed by atoms with Crippen LogP contribution in [0.1, 0.15) is 33.1 Å². The molecule has 1 heterocycles. The second kappa shape index (κ2) is 4.24. The van der Waals surface area contributed by atoms with Crippen LogP contribution in [-0.2, 0) is 0 Å². The van der Waals surface area contributed by atoms with E-state index in [-0.39, 0.29) is 10.8 Å². The van der Waals surface area contributed by atoms with Crippen LogP contribution in [0.4, 0.5) is 4.79 Å². The van der Waals surface area contributed by atoms with Crippen molar-refractivity contribution in [1.29, 1.82) is 0 Å². The average Bonchev–Trinajstić information content (AvgIpc) is 2.09. The van der Waals surface area contributed by atoms with E-state index in [1.54, 1.807) is 0 Å². The van der Waals surface area contributed by atoms with Gasteiger partial charge in [-0.05, 0) is 33.1 Å². The van der Waals surface area contributed by atoms with Gasteiger partial charge in [-0.3, -0.25) is 0 Å². The molecule has 0 atom stereocenters. The number of hydrogen-bond acceptors (Lipinski definition) is 2. The third kappa shape index (κ3) is 2.80. The molecule has 2 rings (SSSR count). The molecule has 15 heavy (non-hydrogen) atoms. The molecule has 0 bridgehead atoms. The van der Waals surface area contributed by atoms with Gasteiger partial charge < -0.3 is 10.2 Å². The number of urea groups is 1. The molecule has 4 heteroatoms. The molecule has 0 radical (unpaired) electrons. The minimum Gasteiger partial charge on any atom is -0.335 e. The molecule has 3 nitrogen and oxygen atoms in total. The summed E-state index contributed by atoms with van der Waals surface area (Å²) in [6, 6.07) is 0.600. The summed E-state index contributed by atoms with van der Waals surface area (Å²) in [5.74, 6) is 1.06. The monoisotopic (exact) mass is 228 g/mol. The summed E-state index contributed by atoms with van der Waals surface area (Å²) in [7, 11) is 0. The molecule has 1 saturated heterocycles. The summed E-state index contributed by atoms with van der Waals surface area (Å²) in [6.45, 7) is 6.18. The fraction of sp³-hybridized carbons (Fsp3) is 0.909. The Balaban J connectivity index is 1.83. The normalized spacial score (nSPS) is 25.9. The Labute approximate surface area is 96.0 Å². The number of nitrogens with one attached hydrogen (secondary N) is 1. The summed E-state index contributed by atoms with van der Waals surface area (Å²) >= 11 is 1.96. The zero-order chi connectivity index (χ0) is 10.9. The fourth-order valence-corrected chi connectivity index (χ4v) is 3.12. The van der Waals surface area contributed by atoms with Gasteiger partial charge in [-0.15, -0.1) is 0 Å². The van der Waals surface area contributed by atoms with Crippen molar-refractivity contribution in [3.8, 4) is 0 Å². The summed E-state index contributed by atoms with van der Waals surface area (Å²) in [5, 5.41) is 3.10. The number of hydrogen-bond donors (Lipinski definition) is 1. The molecule has 1 aliphatic carbocycles. The summed E-state index contributed by atoms with van der Waals surface area (Å²) in [6.07, 6.45) is 3.60. The third-order valence-electron chi connectivity index (χ3n) is 3.15. The summed E-state index contributed by atoms with van der Waals surface area (Å²) in [5.41, 5.74) is 0. The highest BCUT2D eigenvalue weighted by atomic mass is 32.2. The molecule has 86 valence electrons. The van der Waals surface area contributed by atoms with Crippen LogP contribution in [0.3, 0.4) is 0 Å². The topological polar surface area (TPSA) is 32.3 Å². The molecule has 2 aliphatic rings. The SMILES string of the molecule is CC1(C)CN(C(=O)NC2CCC2)CCS1. The summed E-state index contributed by atoms with van der Waals surface area (Å²) in [4.78, 5) is 13.9. The lowest BCUT2D eigenvalue weighted by atomic mass is 9.93. The quantitative estimate of drug-likeness (QED) is 0.745. The highest BCUT2D eigenvalue weighted by molar-refractivity contribution is 8.00. The molecule has 0 aromatic carbocycles. The Kier molecular flexibility index (Phi) is 3.14. The van der Waals surface area contributed by atoms with Gasteiger partial charge in [0.1, 0.15) is 0 Å². The maximum absolute atomic E-state index is 11.9. The predicted molar refractivity (Wildman–Crippen MR) is 64.3 cm³/mol. The number of carbonyl (C=O) groups is 1. The van der Waals surface area contributed by atoms with Gasteiger partial charge in [0.25, 0.3) is 0 Å². The van der Waals surface area contributed by atoms with Gasteiger partial charge in [0, 0.05) is 29.6 Å². The van der Waals surface area contributed by atoms with Crippen LogP contribution >= 0.6 is 11.8 Å². The van der Waals surface area contributed by atoms with Crippen LogP contribution in [0.5, 0.6) is 0 Å². The highest BCUT2D eigenvalue weighted by Gasteiger charge is 2.31. The average molecular weight is 228 g/mol. The van der Waals surface area contributed by atoms with Crippen molar-refractivity contribution in [3.63, 3.8) is 0 Å². The Hall–Kier alpha value is -0.380. The second-order valence-electron chi connectivity index (χ2n) is 5.11. The van der Waals surface area contributed by atoms with Gasteiger partial charge in [-0.2, -0.15) is 11.8 Å². The lowest BCUT2D eigenvalue weighted by molar-refractivity contribution is 0.183. The maximum Gasteiger partial charge on any atom is 0.317 e. The van der Waals surface area contributed by atoms with E-state index in [1.165, 1.54) is 6.42 Å². The molecule has 0 aromatic heterocycles. The fourth-order valence-electron chi connectivity index (χ4n) is 2.01. The lowest BCUT2D eigenvalue weighted by Gasteiger charge is -2.39. The van der Waals surface area contributed by atoms with E-state index in [1.807, 2.05) is 16.7 Å². The molecule has 1 saturated carbocycles. The highest BCUT2D eigenvalue weighted by Crippen LogP contribution is 2.29. The first-order valence-electron chi connectivity index (χ1n) is 5.76. The molecule has 2 amide bonds. The van der Waals surface area contributed by atoms with Crippen molar-refractivity contribution in [1.82, 2.24) is 10.2 Å². The van der Waals surface area contributed by atoms with Crippen molar-refractivity contribution >= 4 is 17.8 Å². The summed E-state index contributed by atoms with van der Waals surface area (Å²) < 4.78 is 0.217. The van der Waals surface area contributed by atoms with Gasteiger partial charge in [-0.25, -0.2) is 4.79 Å². The van der Waals surface area contributed by atoms with Crippen molar-refractivity contribution < 1.29 is 4.79 Å². The molecule has 0 aromatic rings. The smallest absolute Gasteiger partial charge is 0.317 e. The zero-order valence-corrected chi connectivity index (χ0v) is 10.4. The Morgan fingerprint density at radius 1 is 1.47 bits per heavy atom. The third-order valence-corrected chi connectivity index (χ3v) is 4.44. The number of thioether (sulfide) groups is 1. The second-order valence-corrected chi connectivity index (χ2v) is 6.91. The van der Waals surface area contributed by atoms with Crippen molar-refractivity contribution in [3.05, 3.63) is 0 Å². The van der Waals surface area contributed by atoms with Crippen LogP contribution in [0, 0.1) is 0 Å². The Morgan fingerprint density at radius 2 is 2.20 bits per heavy atom. The largest absolute Gasteiger partial charge is 0.335 e. The molecule has 1 aliphatic heterocycles. The Bertz CT molecular complexity index is 251. The van der Waals surface area contributed by atoms with Crippen LogP contribution in [0.15, 0.2) is 0 Å². The van der Waals surface area contributed by atoms with Crippen LogP contribution in [-0.4, -0.2) is 40.6 Å².